The Balaban J connectivity index is 3.53. The van der Waals surface area contributed by atoms with E-state index in [1.807, 2.05) is 0 Å². The van der Waals surface area contributed by atoms with Gasteiger partial charge in [-0.15, -0.1) is 0 Å². The van der Waals surface area contributed by atoms with Crippen molar-refractivity contribution in [1.29, 1.82) is 0 Å². The molecule has 0 amide bonds. The summed E-state index contributed by atoms with van der Waals surface area (Å²) in [7, 11) is -24.9. The molecule has 168 valence electrons. The highest BCUT2D eigenvalue weighted by atomic mass is 31.2. The lowest BCUT2D eigenvalue weighted by Crippen LogP contribution is -2.66. The van der Waals surface area contributed by atoms with Gasteiger partial charge in [0, 0.05) is 0 Å². The van der Waals surface area contributed by atoms with E-state index in [0.29, 0.717) is 0 Å². The van der Waals surface area contributed by atoms with Crippen LogP contribution in [0.15, 0.2) is 0 Å². The van der Waals surface area contributed by atoms with Gasteiger partial charge in [0.05, 0.1) is 31.3 Å². The molecule has 28 heavy (non-hydrogen) atoms. The van der Waals surface area contributed by atoms with Crippen LogP contribution >= 0.6 is 31.3 Å². The third kappa shape index (κ3) is 8.62. The van der Waals surface area contributed by atoms with Crippen LogP contribution in [-0.4, -0.2) is 46.8 Å². The summed E-state index contributed by atoms with van der Waals surface area (Å²) in [6.45, 7) is 0. The van der Waals surface area contributed by atoms with Gasteiger partial charge in [-0.3, -0.25) is 0 Å². The lowest BCUT2D eigenvalue weighted by Gasteiger charge is -2.53. The molecule has 22 heteroatoms. The fraction of sp³-hybridized carbons (Fsp3) is 1.00. The lowest BCUT2D eigenvalue weighted by molar-refractivity contribution is -0.379. The third-order valence-electron chi connectivity index (χ3n) is 3.00. The summed E-state index contributed by atoms with van der Waals surface area (Å²) in [6, 6.07) is 0. The molecule has 0 bridgehead atoms. The number of aliphatic hydroxyl groups excluding tert-OH is 2. The molecule has 1 aliphatic rings. The molecule has 1 fully saturated rings. The molecule has 0 spiro atoms. The predicted octanol–water partition coefficient (Wildman–Crippen LogP) is -8.42. The van der Waals surface area contributed by atoms with Crippen molar-refractivity contribution in [1.82, 2.24) is 0 Å². The van der Waals surface area contributed by atoms with Crippen molar-refractivity contribution in [3.05, 3.63) is 0 Å². The second-order valence-corrected chi connectivity index (χ2v) is 9.47. The molecule has 0 aromatic heterocycles. The standard InChI is InChI=1S/C6H16O18P4/c7-1-2(8)4(22-26(12,13)14)6(24-28(18,19)20)5(23-27(15,16)17)3(1)21-25(9,10)11/h1-8H,(H2,9,10,11)(H2,12,13,14)(H2,15,16,17)(H2,18,19,20)/p-8. The van der Waals surface area contributed by atoms with Crippen LogP contribution in [0.25, 0.3) is 0 Å². The molecule has 6 unspecified atom stereocenters. The van der Waals surface area contributed by atoms with Crippen LogP contribution < -0.4 is 39.1 Å². The minimum atomic E-state index is -6.28. The van der Waals surface area contributed by atoms with Crippen LogP contribution in [0.1, 0.15) is 0 Å². The van der Waals surface area contributed by atoms with Gasteiger partial charge < -0.3 is 85.7 Å². The second-order valence-electron chi connectivity index (χ2n) is 5.05. The van der Waals surface area contributed by atoms with E-state index >= 15 is 0 Å². The minimum absolute atomic E-state index is 2.83. The number of phosphoric acid groups is 4. The number of phosphoric ester groups is 4. The van der Waals surface area contributed by atoms with Gasteiger partial charge in [-0.2, -0.15) is 0 Å². The van der Waals surface area contributed by atoms with Crippen molar-refractivity contribution >= 4 is 31.3 Å². The first-order valence-electron chi connectivity index (χ1n) is 6.38. The monoisotopic (exact) mass is 492 g/mol. The van der Waals surface area contributed by atoms with Gasteiger partial charge in [-0.1, -0.05) is 0 Å². The zero-order valence-corrected chi connectivity index (χ0v) is 16.3. The zero-order valence-electron chi connectivity index (χ0n) is 12.7. The summed E-state index contributed by atoms with van der Waals surface area (Å²) in [5.74, 6) is 0. The SMILES string of the molecule is O=P([O-])([O-])OC1C(O)C(O)C(OP(=O)([O-])[O-])C(OP(=O)([O-])[O-])C1OP(=O)([O-])[O-]. The van der Waals surface area contributed by atoms with Crippen molar-refractivity contribution in [2.45, 2.75) is 36.6 Å². The minimum Gasteiger partial charge on any atom is -0.790 e. The first kappa shape index (κ1) is 26.4. The molecule has 1 aliphatic carbocycles. The molecule has 0 saturated heterocycles. The molecule has 2 N–H and O–H groups in total. The topological polar surface area (TPSA) is 330 Å². The van der Waals surface area contributed by atoms with Crippen molar-refractivity contribution in [2.75, 3.05) is 0 Å². The van der Waals surface area contributed by atoms with E-state index in [-0.39, 0.29) is 0 Å². The summed E-state index contributed by atoms with van der Waals surface area (Å²) in [5.41, 5.74) is 0. The van der Waals surface area contributed by atoms with Crippen LogP contribution in [0.4, 0.5) is 0 Å². The molecule has 0 radical (unpaired) electrons. The molecule has 18 nitrogen and oxygen atoms in total. The Morgan fingerprint density at radius 1 is 0.464 bits per heavy atom. The summed E-state index contributed by atoms with van der Waals surface area (Å²) in [6.07, 6.45) is -17.6. The van der Waals surface area contributed by atoms with Crippen molar-refractivity contribution in [3.63, 3.8) is 0 Å². The van der Waals surface area contributed by atoms with E-state index in [1.165, 1.54) is 0 Å². The highest BCUT2D eigenvalue weighted by Gasteiger charge is 2.54. The maximum atomic E-state index is 10.8. The Hall–Kier alpha value is 0.360. The van der Waals surface area contributed by atoms with E-state index in [4.69, 9.17) is 0 Å². The van der Waals surface area contributed by atoms with E-state index < -0.39 is 67.9 Å². The average Bonchev–Trinajstić information content (AvgIpc) is 2.39. The Labute approximate surface area is 154 Å². The van der Waals surface area contributed by atoms with Crippen LogP contribution in [0, 0.1) is 0 Å². The van der Waals surface area contributed by atoms with Crippen LogP contribution in [0.2, 0.25) is 0 Å². The van der Waals surface area contributed by atoms with Gasteiger partial charge >= 0.3 is 0 Å². The Bertz CT molecular complexity index is 664. The average molecular weight is 492 g/mol. The van der Waals surface area contributed by atoms with Gasteiger partial charge in [-0.25, -0.2) is 0 Å². The summed E-state index contributed by atoms with van der Waals surface area (Å²) in [4.78, 5) is 86.3. The second kappa shape index (κ2) is 8.85. The van der Waals surface area contributed by atoms with Gasteiger partial charge in [-0.05, 0) is 0 Å². The molecule has 0 aromatic carbocycles. The van der Waals surface area contributed by atoms with Crippen LogP contribution in [-0.2, 0) is 36.4 Å². The van der Waals surface area contributed by atoms with E-state index in [9.17, 15) is 67.6 Å². The number of hydrogen-bond acceptors (Lipinski definition) is 18. The molecule has 1 rings (SSSR count). The number of hydrogen-bond donors (Lipinski definition) is 2. The smallest absolute Gasteiger partial charge is 0.121 e. The van der Waals surface area contributed by atoms with Crippen molar-refractivity contribution in [2.24, 2.45) is 0 Å². The van der Waals surface area contributed by atoms with Gasteiger partial charge in [0.2, 0.25) is 0 Å². The number of rotatable bonds is 8. The Kier molecular flexibility index (Phi) is 8.34. The normalized spacial score (nSPS) is 33.1. The quantitative estimate of drug-likeness (QED) is 0.297. The molecule has 0 aromatic rings. The van der Waals surface area contributed by atoms with Crippen LogP contribution in [0.3, 0.4) is 0 Å². The van der Waals surface area contributed by atoms with Gasteiger partial charge in [0.15, 0.2) is 0 Å². The summed E-state index contributed by atoms with van der Waals surface area (Å²) in [5, 5.41) is 19.5. The highest BCUT2D eigenvalue weighted by Crippen LogP contribution is 2.46. The molecular formula is C6H8O18P4-8. The summed E-state index contributed by atoms with van der Waals surface area (Å²) >= 11 is 0. The zero-order chi connectivity index (χ0) is 22.3. The molecule has 6 atom stereocenters. The van der Waals surface area contributed by atoms with Crippen molar-refractivity contribution in [3.8, 4) is 0 Å². The lowest BCUT2D eigenvalue weighted by atomic mass is 9.85. The molecular weight excluding hydrogens is 484 g/mol. The Morgan fingerprint density at radius 3 is 0.821 bits per heavy atom. The molecule has 1 saturated carbocycles. The van der Waals surface area contributed by atoms with E-state index in [1.54, 1.807) is 0 Å². The van der Waals surface area contributed by atoms with E-state index in [2.05, 4.69) is 18.1 Å². The maximum Gasteiger partial charge on any atom is 0.121 e. The fourth-order valence-corrected chi connectivity index (χ4v) is 4.39. The van der Waals surface area contributed by atoms with Crippen LogP contribution in [0.5, 0.6) is 0 Å². The molecule has 0 aliphatic heterocycles. The largest absolute Gasteiger partial charge is 0.790 e. The fourth-order valence-electron chi connectivity index (χ4n) is 2.23. The van der Waals surface area contributed by atoms with E-state index in [0.717, 1.165) is 0 Å². The maximum absolute atomic E-state index is 10.8. The third-order valence-corrected chi connectivity index (χ3v) is 5.00. The first-order chi connectivity index (χ1) is 12.2. The highest BCUT2D eigenvalue weighted by molar-refractivity contribution is 7.44. The number of aliphatic hydroxyl groups is 2. The van der Waals surface area contributed by atoms with Gasteiger partial charge in [0.1, 0.15) is 36.6 Å². The molecule has 0 heterocycles. The first-order valence-corrected chi connectivity index (χ1v) is 12.2. The Morgan fingerprint density at radius 2 is 0.643 bits per heavy atom. The summed E-state index contributed by atoms with van der Waals surface area (Å²) < 4.78 is 58.0. The predicted molar refractivity (Wildman–Crippen MR) is 61.9 cm³/mol. The van der Waals surface area contributed by atoms with Crippen molar-refractivity contribution < 1.29 is 85.7 Å². The van der Waals surface area contributed by atoms with Gasteiger partial charge in [0.25, 0.3) is 0 Å².